The Balaban J connectivity index is 2.18. The van der Waals surface area contributed by atoms with Gasteiger partial charge in [0, 0.05) is 12.6 Å². The molecular formula is C7H10N2O2. The third-order valence-electron chi connectivity index (χ3n) is 2.36. The van der Waals surface area contributed by atoms with Gasteiger partial charge in [0.2, 0.25) is 5.78 Å². The van der Waals surface area contributed by atoms with E-state index in [1.807, 2.05) is 0 Å². The Morgan fingerprint density at radius 3 is 2.91 bits per heavy atom. The second-order valence-electron chi connectivity index (χ2n) is 3.04. The zero-order chi connectivity index (χ0) is 7.84. The molecular weight excluding hydrogens is 144 g/mol. The quantitative estimate of drug-likeness (QED) is 0.425. The molecule has 0 spiro atoms. The summed E-state index contributed by atoms with van der Waals surface area (Å²) in [5, 5.41) is 5.77. The predicted octanol–water partition coefficient (Wildman–Crippen LogP) is -1.34. The van der Waals surface area contributed by atoms with Crippen LogP contribution in [0, 0.1) is 5.92 Å². The van der Waals surface area contributed by atoms with Crippen LogP contribution < -0.4 is 10.6 Å². The van der Waals surface area contributed by atoms with E-state index in [2.05, 4.69) is 10.6 Å². The van der Waals surface area contributed by atoms with Gasteiger partial charge in [-0.2, -0.15) is 0 Å². The van der Waals surface area contributed by atoms with Crippen molar-refractivity contribution < 1.29 is 9.59 Å². The minimum atomic E-state index is -0.399. The van der Waals surface area contributed by atoms with Crippen LogP contribution in [0.5, 0.6) is 0 Å². The van der Waals surface area contributed by atoms with Crippen LogP contribution in [0.4, 0.5) is 0 Å². The first kappa shape index (κ1) is 6.79. The maximum absolute atomic E-state index is 11.1. The summed E-state index contributed by atoms with van der Waals surface area (Å²) in [6.45, 7) is 1.55. The molecule has 0 aromatic carbocycles. The van der Waals surface area contributed by atoms with E-state index >= 15 is 0 Å². The number of carbonyl (C=O) groups excluding carboxylic acids is 2. The van der Waals surface area contributed by atoms with Crippen LogP contribution in [0.1, 0.15) is 6.42 Å². The van der Waals surface area contributed by atoms with E-state index in [0.717, 1.165) is 13.0 Å². The fourth-order valence-corrected chi connectivity index (χ4v) is 1.71. The van der Waals surface area contributed by atoms with Crippen LogP contribution in [0.2, 0.25) is 0 Å². The number of hydrogen-bond donors (Lipinski definition) is 2. The van der Waals surface area contributed by atoms with Gasteiger partial charge in [-0.25, -0.2) is 0 Å². The first-order valence-corrected chi connectivity index (χ1v) is 3.84. The zero-order valence-corrected chi connectivity index (χ0v) is 6.09. The zero-order valence-electron chi connectivity index (χ0n) is 6.09. The minimum absolute atomic E-state index is 0.101. The molecule has 2 N–H and O–H groups in total. The number of fused-ring (bicyclic) bond motifs is 1. The van der Waals surface area contributed by atoms with E-state index in [9.17, 15) is 9.59 Å². The van der Waals surface area contributed by atoms with Crippen LogP contribution in [0.25, 0.3) is 0 Å². The largest absolute Gasteiger partial charge is 0.346 e. The molecule has 2 rings (SSSR count). The van der Waals surface area contributed by atoms with Gasteiger partial charge in [0.05, 0.1) is 5.92 Å². The molecule has 2 saturated heterocycles. The highest BCUT2D eigenvalue weighted by molar-refractivity contribution is 6.39. The topological polar surface area (TPSA) is 58.2 Å². The lowest BCUT2D eigenvalue weighted by molar-refractivity contribution is -0.136. The fourth-order valence-electron chi connectivity index (χ4n) is 1.71. The number of hydrogen-bond acceptors (Lipinski definition) is 3. The summed E-state index contributed by atoms with van der Waals surface area (Å²) in [4.78, 5) is 21.9. The molecule has 4 nitrogen and oxygen atoms in total. The molecule has 4 heteroatoms. The van der Waals surface area contributed by atoms with E-state index < -0.39 is 5.91 Å². The molecule has 60 valence electrons. The summed E-state index contributed by atoms with van der Waals surface area (Å²) in [6.07, 6.45) is 0.877. The van der Waals surface area contributed by atoms with Crippen LogP contribution in [0.3, 0.4) is 0 Å². The van der Waals surface area contributed by atoms with Gasteiger partial charge in [0.15, 0.2) is 0 Å². The lowest BCUT2D eigenvalue weighted by Gasteiger charge is -2.23. The summed E-state index contributed by atoms with van der Waals surface area (Å²) in [7, 11) is 0. The molecule has 2 fully saturated rings. The van der Waals surface area contributed by atoms with E-state index in [-0.39, 0.29) is 17.7 Å². The molecule has 2 aliphatic rings. The Morgan fingerprint density at radius 2 is 2.18 bits per heavy atom. The van der Waals surface area contributed by atoms with Gasteiger partial charge in [-0.1, -0.05) is 0 Å². The van der Waals surface area contributed by atoms with E-state index in [4.69, 9.17) is 0 Å². The van der Waals surface area contributed by atoms with Crippen LogP contribution in [-0.2, 0) is 9.59 Å². The van der Waals surface area contributed by atoms with Crippen molar-refractivity contribution in [3.05, 3.63) is 0 Å². The van der Waals surface area contributed by atoms with Crippen molar-refractivity contribution in [2.45, 2.75) is 12.5 Å². The number of carbonyl (C=O) groups is 2. The van der Waals surface area contributed by atoms with Crippen molar-refractivity contribution in [2.75, 3.05) is 13.1 Å². The van der Waals surface area contributed by atoms with Crippen LogP contribution >= 0.6 is 0 Å². The SMILES string of the molecule is O=C1NC2CCNCC2C1=O. The lowest BCUT2D eigenvalue weighted by Crippen LogP contribution is -2.42. The van der Waals surface area contributed by atoms with Crippen molar-refractivity contribution in [3.63, 3.8) is 0 Å². The summed E-state index contributed by atoms with van der Waals surface area (Å²) in [5.41, 5.74) is 0. The Hall–Kier alpha value is -0.900. The molecule has 0 saturated carbocycles. The first-order chi connectivity index (χ1) is 5.29. The monoisotopic (exact) mass is 154 g/mol. The van der Waals surface area contributed by atoms with Crippen LogP contribution in [-0.4, -0.2) is 30.8 Å². The molecule has 0 bridgehead atoms. The van der Waals surface area contributed by atoms with Gasteiger partial charge in [0.1, 0.15) is 0 Å². The summed E-state index contributed by atoms with van der Waals surface area (Å²) < 4.78 is 0. The number of Topliss-reactive ketones (excluding diaryl/α,β-unsaturated/α-hetero) is 1. The van der Waals surface area contributed by atoms with Crippen LogP contribution in [0.15, 0.2) is 0 Å². The van der Waals surface area contributed by atoms with Gasteiger partial charge < -0.3 is 10.6 Å². The average Bonchev–Trinajstić information content (AvgIpc) is 2.30. The maximum Gasteiger partial charge on any atom is 0.288 e. The molecule has 2 heterocycles. The molecule has 0 aromatic heterocycles. The Kier molecular flexibility index (Phi) is 1.42. The van der Waals surface area contributed by atoms with Gasteiger partial charge in [-0.05, 0) is 13.0 Å². The van der Waals surface area contributed by atoms with E-state index in [1.54, 1.807) is 0 Å². The highest BCUT2D eigenvalue weighted by Gasteiger charge is 2.41. The summed E-state index contributed by atoms with van der Waals surface area (Å²) >= 11 is 0. The van der Waals surface area contributed by atoms with Crippen molar-refractivity contribution >= 4 is 11.7 Å². The van der Waals surface area contributed by atoms with Gasteiger partial charge in [-0.3, -0.25) is 9.59 Å². The number of nitrogens with one attached hydrogen (secondary N) is 2. The maximum atomic E-state index is 11.1. The third kappa shape index (κ3) is 0.939. The van der Waals surface area contributed by atoms with Crippen molar-refractivity contribution in [1.82, 2.24) is 10.6 Å². The van der Waals surface area contributed by atoms with Gasteiger partial charge in [-0.15, -0.1) is 0 Å². The molecule has 0 aliphatic carbocycles. The molecule has 2 aliphatic heterocycles. The molecule has 0 radical (unpaired) electrons. The molecule has 2 unspecified atom stereocenters. The standard InChI is InChI=1S/C7H10N2O2/c10-6-4-3-8-2-1-5(4)9-7(6)11/h4-5,8H,1-3H2,(H,9,11). The fraction of sp³-hybridized carbons (Fsp3) is 0.714. The lowest BCUT2D eigenvalue weighted by atomic mass is 9.94. The predicted molar refractivity (Wildman–Crippen MR) is 37.9 cm³/mol. The number of piperidine rings is 1. The molecule has 1 amide bonds. The Morgan fingerprint density at radius 1 is 1.36 bits per heavy atom. The number of amides is 1. The molecule has 2 atom stereocenters. The van der Waals surface area contributed by atoms with E-state index in [0.29, 0.717) is 6.54 Å². The first-order valence-electron chi connectivity index (χ1n) is 3.84. The number of rotatable bonds is 0. The Labute approximate surface area is 64.3 Å². The molecule has 11 heavy (non-hydrogen) atoms. The smallest absolute Gasteiger partial charge is 0.288 e. The summed E-state index contributed by atoms with van der Waals surface area (Å²) in [5.74, 6) is -0.748. The molecule has 0 aromatic rings. The normalized spacial score (nSPS) is 36.7. The van der Waals surface area contributed by atoms with Gasteiger partial charge in [0.25, 0.3) is 5.91 Å². The highest BCUT2D eigenvalue weighted by atomic mass is 16.2. The minimum Gasteiger partial charge on any atom is -0.346 e. The van der Waals surface area contributed by atoms with Crippen molar-refractivity contribution in [3.8, 4) is 0 Å². The second kappa shape index (κ2) is 2.30. The average molecular weight is 154 g/mol. The van der Waals surface area contributed by atoms with Crippen molar-refractivity contribution in [2.24, 2.45) is 5.92 Å². The van der Waals surface area contributed by atoms with Crippen molar-refractivity contribution in [1.29, 1.82) is 0 Å². The number of ketones is 1. The second-order valence-corrected chi connectivity index (χ2v) is 3.04. The highest BCUT2D eigenvalue weighted by Crippen LogP contribution is 2.17. The third-order valence-corrected chi connectivity index (χ3v) is 2.36. The Bertz CT molecular complexity index is 214. The van der Waals surface area contributed by atoms with Gasteiger partial charge >= 0.3 is 0 Å². The van der Waals surface area contributed by atoms with E-state index in [1.165, 1.54) is 0 Å². The summed E-state index contributed by atoms with van der Waals surface area (Å²) in [6, 6.07) is 0.108.